The van der Waals surface area contributed by atoms with E-state index in [1.807, 2.05) is 31.0 Å². The number of benzene rings is 1. The molecule has 1 atom stereocenters. The number of nitrogens with zero attached hydrogens (tertiary/aromatic N) is 4. The molecule has 6 heteroatoms. The number of likely N-dealkylation sites (tertiary alicyclic amines) is 1. The molecule has 0 saturated carbocycles. The van der Waals surface area contributed by atoms with Crippen LogP contribution in [0.2, 0.25) is 0 Å². The Bertz CT molecular complexity index is 794. The van der Waals surface area contributed by atoms with Crippen LogP contribution in [-0.4, -0.2) is 66.0 Å². The van der Waals surface area contributed by atoms with Gasteiger partial charge in [-0.1, -0.05) is 25.1 Å². The first-order valence-electron chi connectivity index (χ1n) is 10.5. The minimum absolute atomic E-state index is 0.00111. The molecule has 1 unspecified atom stereocenters. The lowest BCUT2D eigenvalue weighted by atomic mass is 9.97. The van der Waals surface area contributed by atoms with Crippen molar-refractivity contribution in [2.45, 2.75) is 32.6 Å². The summed E-state index contributed by atoms with van der Waals surface area (Å²) >= 11 is 0. The molecule has 1 amide bonds. The standard InChI is InChI=1S/C23H32N4O2/c1-4-22-24-14-20(15-25-22)23(28)26(2)16-18-8-7-12-27(17-18)13-11-19-9-5-6-10-21(19)29-3/h5-6,9-10,14-15,18H,4,7-8,11-13,16-17H2,1-3H3. The van der Waals surface area contributed by atoms with Crippen molar-refractivity contribution in [1.82, 2.24) is 19.8 Å². The summed E-state index contributed by atoms with van der Waals surface area (Å²) in [6.07, 6.45) is 7.38. The van der Waals surface area contributed by atoms with E-state index >= 15 is 0 Å². The zero-order chi connectivity index (χ0) is 20.6. The summed E-state index contributed by atoms with van der Waals surface area (Å²) in [5.41, 5.74) is 1.81. The number of amides is 1. The van der Waals surface area contributed by atoms with E-state index in [0.717, 1.165) is 57.0 Å². The minimum atomic E-state index is -0.00111. The summed E-state index contributed by atoms with van der Waals surface area (Å²) in [7, 11) is 3.60. The third kappa shape index (κ3) is 5.76. The summed E-state index contributed by atoms with van der Waals surface area (Å²) < 4.78 is 5.47. The number of rotatable bonds is 8. The van der Waals surface area contributed by atoms with Crippen LogP contribution in [0.1, 0.15) is 41.5 Å². The number of aryl methyl sites for hydroxylation is 1. The molecule has 3 rings (SSSR count). The number of carbonyl (C=O) groups excluding carboxylic acids is 1. The molecule has 1 saturated heterocycles. The Labute approximate surface area is 173 Å². The molecule has 1 aromatic heterocycles. The average molecular weight is 397 g/mol. The van der Waals surface area contributed by atoms with Crippen molar-refractivity contribution in [3.05, 3.63) is 53.6 Å². The highest BCUT2D eigenvalue weighted by molar-refractivity contribution is 5.93. The number of ether oxygens (including phenoxy) is 1. The van der Waals surface area contributed by atoms with E-state index in [1.165, 1.54) is 12.0 Å². The van der Waals surface area contributed by atoms with Gasteiger partial charge in [-0.05, 0) is 43.4 Å². The van der Waals surface area contributed by atoms with Crippen LogP contribution < -0.4 is 4.74 Å². The minimum Gasteiger partial charge on any atom is -0.496 e. The highest BCUT2D eigenvalue weighted by Gasteiger charge is 2.23. The first kappa shape index (κ1) is 21.2. The van der Waals surface area contributed by atoms with Crippen molar-refractivity contribution in [3.8, 4) is 5.75 Å². The molecule has 1 aliphatic rings. The molecule has 0 N–H and O–H groups in total. The first-order valence-corrected chi connectivity index (χ1v) is 10.5. The molecule has 0 spiro atoms. The Morgan fingerprint density at radius 2 is 2.03 bits per heavy atom. The molecule has 1 aromatic carbocycles. The lowest BCUT2D eigenvalue weighted by Crippen LogP contribution is -2.42. The summed E-state index contributed by atoms with van der Waals surface area (Å²) in [6, 6.07) is 8.23. The predicted octanol–water partition coefficient (Wildman–Crippen LogP) is 3.07. The average Bonchev–Trinajstić information content (AvgIpc) is 2.77. The number of para-hydroxylation sites is 1. The maximum absolute atomic E-state index is 12.7. The first-order chi connectivity index (χ1) is 14.1. The predicted molar refractivity (Wildman–Crippen MR) is 114 cm³/mol. The van der Waals surface area contributed by atoms with E-state index in [2.05, 4.69) is 27.0 Å². The van der Waals surface area contributed by atoms with Gasteiger partial charge < -0.3 is 14.5 Å². The number of hydrogen-bond acceptors (Lipinski definition) is 5. The van der Waals surface area contributed by atoms with Gasteiger partial charge in [-0.2, -0.15) is 0 Å². The van der Waals surface area contributed by atoms with Crippen molar-refractivity contribution < 1.29 is 9.53 Å². The Morgan fingerprint density at radius 1 is 1.28 bits per heavy atom. The molecule has 6 nitrogen and oxygen atoms in total. The molecule has 1 aliphatic heterocycles. The normalized spacial score (nSPS) is 17.1. The zero-order valence-electron chi connectivity index (χ0n) is 17.8. The fourth-order valence-corrected chi connectivity index (χ4v) is 4.03. The summed E-state index contributed by atoms with van der Waals surface area (Å²) in [5.74, 6) is 2.22. The maximum atomic E-state index is 12.7. The van der Waals surface area contributed by atoms with Crippen LogP contribution in [0.5, 0.6) is 5.75 Å². The van der Waals surface area contributed by atoms with E-state index in [0.29, 0.717) is 11.5 Å². The molecule has 0 bridgehead atoms. The Hall–Kier alpha value is -2.47. The van der Waals surface area contributed by atoms with Gasteiger partial charge in [0.25, 0.3) is 5.91 Å². The van der Waals surface area contributed by atoms with Gasteiger partial charge in [0, 0.05) is 45.5 Å². The molecule has 29 heavy (non-hydrogen) atoms. The summed E-state index contributed by atoms with van der Waals surface area (Å²) in [6.45, 7) is 5.93. The second-order valence-corrected chi connectivity index (χ2v) is 7.80. The molecule has 2 heterocycles. The van der Waals surface area contributed by atoms with Crippen LogP contribution in [0.15, 0.2) is 36.7 Å². The maximum Gasteiger partial charge on any atom is 0.256 e. The number of piperidine rings is 1. The van der Waals surface area contributed by atoms with Crippen molar-refractivity contribution in [2.24, 2.45) is 5.92 Å². The number of hydrogen-bond donors (Lipinski definition) is 0. The zero-order valence-corrected chi connectivity index (χ0v) is 17.8. The van der Waals surface area contributed by atoms with Gasteiger partial charge in [0.05, 0.1) is 12.7 Å². The van der Waals surface area contributed by atoms with Crippen molar-refractivity contribution in [1.29, 1.82) is 0 Å². The number of carbonyl (C=O) groups is 1. The lowest BCUT2D eigenvalue weighted by Gasteiger charge is -2.34. The van der Waals surface area contributed by atoms with Gasteiger partial charge in [0.2, 0.25) is 0 Å². The third-order valence-corrected chi connectivity index (χ3v) is 5.64. The van der Waals surface area contributed by atoms with E-state index in [9.17, 15) is 4.79 Å². The molecule has 0 radical (unpaired) electrons. The quantitative estimate of drug-likeness (QED) is 0.686. The lowest BCUT2D eigenvalue weighted by molar-refractivity contribution is 0.0729. The van der Waals surface area contributed by atoms with Crippen LogP contribution in [0.25, 0.3) is 0 Å². The van der Waals surface area contributed by atoms with E-state index in [4.69, 9.17) is 4.74 Å². The SMILES string of the molecule is CCc1ncc(C(=O)N(C)CC2CCCN(CCc3ccccc3OC)C2)cn1. The topological polar surface area (TPSA) is 58.6 Å². The van der Waals surface area contributed by atoms with Gasteiger partial charge in [-0.25, -0.2) is 9.97 Å². The van der Waals surface area contributed by atoms with E-state index in [-0.39, 0.29) is 5.91 Å². The fourth-order valence-electron chi connectivity index (χ4n) is 4.03. The molecule has 0 aliphatic carbocycles. The van der Waals surface area contributed by atoms with E-state index < -0.39 is 0 Å². The number of methoxy groups -OCH3 is 1. The van der Waals surface area contributed by atoms with Gasteiger partial charge in [0.1, 0.15) is 11.6 Å². The van der Waals surface area contributed by atoms with Crippen LogP contribution in [0, 0.1) is 5.92 Å². The Kier molecular flexibility index (Phi) is 7.58. The van der Waals surface area contributed by atoms with Gasteiger partial charge in [-0.15, -0.1) is 0 Å². The Morgan fingerprint density at radius 3 is 2.76 bits per heavy atom. The summed E-state index contributed by atoms with van der Waals surface area (Å²) in [5, 5.41) is 0. The van der Waals surface area contributed by atoms with Crippen LogP contribution in [-0.2, 0) is 12.8 Å². The van der Waals surface area contributed by atoms with Crippen LogP contribution in [0.3, 0.4) is 0 Å². The van der Waals surface area contributed by atoms with Gasteiger partial charge in [-0.3, -0.25) is 4.79 Å². The van der Waals surface area contributed by atoms with Crippen LogP contribution in [0.4, 0.5) is 0 Å². The largest absolute Gasteiger partial charge is 0.496 e. The molecular formula is C23H32N4O2. The molecule has 2 aromatic rings. The highest BCUT2D eigenvalue weighted by Crippen LogP contribution is 2.21. The second-order valence-electron chi connectivity index (χ2n) is 7.80. The second kappa shape index (κ2) is 10.3. The van der Waals surface area contributed by atoms with Gasteiger partial charge in [0.15, 0.2) is 0 Å². The number of aromatic nitrogens is 2. The third-order valence-electron chi connectivity index (χ3n) is 5.64. The van der Waals surface area contributed by atoms with Crippen LogP contribution >= 0.6 is 0 Å². The van der Waals surface area contributed by atoms with Crippen molar-refractivity contribution >= 4 is 5.91 Å². The summed E-state index contributed by atoms with van der Waals surface area (Å²) in [4.78, 5) is 25.5. The van der Waals surface area contributed by atoms with Gasteiger partial charge >= 0.3 is 0 Å². The fraction of sp³-hybridized carbons (Fsp3) is 0.522. The van der Waals surface area contributed by atoms with Crippen molar-refractivity contribution in [3.63, 3.8) is 0 Å². The van der Waals surface area contributed by atoms with Crippen molar-refractivity contribution in [2.75, 3.05) is 40.3 Å². The highest BCUT2D eigenvalue weighted by atomic mass is 16.5. The monoisotopic (exact) mass is 396 g/mol. The smallest absolute Gasteiger partial charge is 0.256 e. The van der Waals surface area contributed by atoms with E-state index in [1.54, 1.807) is 19.5 Å². The molecule has 156 valence electrons. The molecule has 1 fully saturated rings. The Balaban J connectivity index is 1.51. The molecular weight excluding hydrogens is 364 g/mol.